The van der Waals surface area contributed by atoms with Crippen LogP contribution in [0.1, 0.15) is 43.1 Å². The average Bonchev–Trinajstić information content (AvgIpc) is 2.72. The number of amides is 2. The third-order valence-corrected chi connectivity index (χ3v) is 4.37. The molecular formula is C23H28N2O5. The van der Waals surface area contributed by atoms with Crippen LogP contribution in [0.3, 0.4) is 0 Å². The van der Waals surface area contributed by atoms with E-state index in [1.165, 1.54) is 7.11 Å². The molecule has 0 spiro atoms. The first-order valence-corrected chi connectivity index (χ1v) is 9.67. The van der Waals surface area contributed by atoms with Crippen molar-refractivity contribution in [2.24, 2.45) is 0 Å². The molecule has 0 heterocycles. The molecule has 0 saturated heterocycles. The highest BCUT2D eigenvalue weighted by molar-refractivity contribution is 5.95. The molecule has 7 heteroatoms. The zero-order valence-corrected chi connectivity index (χ0v) is 17.8. The lowest BCUT2D eigenvalue weighted by atomic mass is 9.87. The number of nitrogens with one attached hydrogen (secondary N) is 2. The highest BCUT2D eigenvalue weighted by atomic mass is 16.6. The van der Waals surface area contributed by atoms with Crippen LogP contribution in [0, 0.1) is 0 Å². The number of anilines is 1. The number of methoxy groups -OCH3 is 1. The minimum Gasteiger partial charge on any atom is -0.482 e. The zero-order chi connectivity index (χ0) is 22.1. The van der Waals surface area contributed by atoms with Crippen LogP contribution in [0.25, 0.3) is 0 Å². The van der Waals surface area contributed by atoms with Gasteiger partial charge in [0, 0.05) is 24.2 Å². The molecular weight excluding hydrogens is 384 g/mol. The van der Waals surface area contributed by atoms with Gasteiger partial charge in [0.1, 0.15) is 5.75 Å². The van der Waals surface area contributed by atoms with E-state index in [-0.39, 0.29) is 36.8 Å². The largest absolute Gasteiger partial charge is 0.482 e. The van der Waals surface area contributed by atoms with Gasteiger partial charge in [0.05, 0.1) is 7.11 Å². The highest BCUT2D eigenvalue weighted by Crippen LogP contribution is 2.22. The van der Waals surface area contributed by atoms with E-state index in [1.807, 2.05) is 12.1 Å². The van der Waals surface area contributed by atoms with E-state index in [1.54, 1.807) is 36.4 Å². The molecule has 7 nitrogen and oxygen atoms in total. The Balaban J connectivity index is 1.75. The molecule has 2 rings (SSSR count). The summed E-state index contributed by atoms with van der Waals surface area (Å²) < 4.78 is 9.74. The number of hydrogen-bond donors (Lipinski definition) is 2. The van der Waals surface area contributed by atoms with Gasteiger partial charge in [-0.15, -0.1) is 0 Å². The Morgan fingerprint density at radius 3 is 2.13 bits per heavy atom. The fourth-order valence-corrected chi connectivity index (χ4v) is 2.57. The van der Waals surface area contributed by atoms with Crippen LogP contribution in [0.4, 0.5) is 5.69 Å². The first-order valence-electron chi connectivity index (χ1n) is 9.67. The average molecular weight is 412 g/mol. The molecule has 0 fully saturated rings. The molecule has 30 heavy (non-hydrogen) atoms. The Hall–Kier alpha value is -3.35. The summed E-state index contributed by atoms with van der Waals surface area (Å²) in [6.07, 6.45) is 0.145. The van der Waals surface area contributed by atoms with Gasteiger partial charge in [-0.2, -0.15) is 0 Å². The van der Waals surface area contributed by atoms with Crippen LogP contribution in [0.5, 0.6) is 5.75 Å². The molecule has 2 aromatic carbocycles. The number of esters is 1. The highest BCUT2D eigenvalue weighted by Gasteiger charge is 2.14. The lowest BCUT2D eigenvalue weighted by Gasteiger charge is -2.19. The lowest BCUT2D eigenvalue weighted by Crippen LogP contribution is -2.27. The maximum atomic E-state index is 12.2. The first-order chi connectivity index (χ1) is 14.2. The Morgan fingerprint density at radius 2 is 1.57 bits per heavy atom. The number of carbonyl (C=O) groups is 3. The second-order valence-corrected chi connectivity index (χ2v) is 7.77. The Bertz CT molecular complexity index is 868. The quantitative estimate of drug-likeness (QED) is 0.649. The third-order valence-electron chi connectivity index (χ3n) is 4.37. The van der Waals surface area contributed by atoms with E-state index in [9.17, 15) is 14.4 Å². The number of carbonyl (C=O) groups excluding carboxylic acids is 3. The second kappa shape index (κ2) is 10.4. The van der Waals surface area contributed by atoms with Crippen molar-refractivity contribution in [3.63, 3.8) is 0 Å². The van der Waals surface area contributed by atoms with Gasteiger partial charge in [0.25, 0.3) is 5.91 Å². The summed E-state index contributed by atoms with van der Waals surface area (Å²) in [5.41, 5.74) is 2.33. The normalized spacial score (nSPS) is 10.8. The number of hydrogen-bond acceptors (Lipinski definition) is 5. The van der Waals surface area contributed by atoms with Crippen LogP contribution in [-0.4, -0.2) is 38.0 Å². The smallest absolute Gasteiger partial charge is 0.343 e. The standard InChI is InChI=1S/C23H28N2O5/c1-23(2,3)17-7-5-16(6-8-17)22(28)24-14-13-20(26)25-18-9-11-19(12-10-18)30-15-21(27)29-4/h5-12H,13-15H2,1-4H3,(H,24,28)(H,25,26). The van der Waals surface area contributed by atoms with E-state index in [4.69, 9.17) is 4.74 Å². The number of ether oxygens (including phenoxy) is 2. The van der Waals surface area contributed by atoms with E-state index in [0.717, 1.165) is 5.56 Å². The van der Waals surface area contributed by atoms with Crippen LogP contribution in [-0.2, 0) is 19.7 Å². The van der Waals surface area contributed by atoms with E-state index in [2.05, 4.69) is 36.1 Å². The van der Waals surface area contributed by atoms with Crippen molar-refractivity contribution in [3.8, 4) is 5.75 Å². The van der Waals surface area contributed by atoms with E-state index in [0.29, 0.717) is 17.0 Å². The third kappa shape index (κ3) is 7.24. The van der Waals surface area contributed by atoms with Crippen molar-refractivity contribution in [3.05, 3.63) is 59.7 Å². The first kappa shape index (κ1) is 22.9. The van der Waals surface area contributed by atoms with Gasteiger partial charge in [-0.3, -0.25) is 9.59 Å². The summed E-state index contributed by atoms with van der Waals surface area (Å²) in [6, 6.07) is 14.1. The van der Waals surface area contributed by atoms with Gasteiger partial charge in [-0.1, -0.05) is 32.9 Å². The molecule has 2 aromatic rings. The zero-order valence-electron chi connectivity index (χ0n) is 17.8. The molecule has 0 aliphatic heterocycles. The van der Waals surface area contributed by atoms with Crippen LogP contribution in [0.15, 0.2) is 48.5 Å². The molecule has 0 aromatic heterocycles. The van der Waals surface area contributed by atoms with Gasteiger partial charge >= 0.3 is 5.97 Å². The monoisotopic (exact) mass is 412 g/mol. The van der Waals surface area contributed by atoms with Crippen molar-refractivity contribution < 1.29 is 23.9 Å². The van der Waals surface area contributed by atoms with Crippen molar-refractivity contribution in [1.29, 1.82) is 0 Å². The minimum absolute atomic E-state index is 0.0266. The van der Waals surface area contributed by atoms with Gasteiger partial charge in [-0.05, 0) is 47.4 Å². The molecule has 0 bridgehead atoms. The molecule has 2 N–H and O–H groups in total. The summed E-state index contributed by atoms with van der Waals surface area (Å²) in [5.74, 6) is -0.417. The van der Waals surface area contributed by atoms with E-state index >= 15 is 0 Å². The van der Waals surface area contributed by atoms with Gasteiger partial charge in [-0.25, -0.2) is 4.79 Å². The second-order valence-electron chi connectivity index (χ2n) is 7.77. The summed E-state index contributed by atoms with van der Waals surface area (Å²) in [5, 5.41) is 5.50. The van der Waals surface area contributed by atoms with Gasteiger partial charge in [0.15, 0.2) is 6.61 Å². The minimum atomic E-state index is -0.473. The van der Waals surface area contributed by atoms with E-state index < -0.39 is 5.97 Å². The Morgan fingerprint density at radius 1 is 0.933 bits per heavy atom. The number of rotatable bonds is 8. The van der Waals surface area contributed by atoms with Crippen molar-refractivity contribution in [1.82, 2.24) is 5.32 Å². The maximum Gasteiger partial charge on any atom is 0.343 e. The molecule has 0 unspecified atom stereocenters. The molecule has 160 valence electrons. The Labute approximate surface area is 176 Å². The fraction of sp³-hybridized carbons (Fsp3) is 0.348. The predicted molar refractivity (Wildman–Crippen MR) is 115 cm³/mol. The summed E-state index contributed by atoms with van der Waals surface area (Å²) in [4.78, 5) is 35.4. The van der Waals surface area contributed by atoms with Gasteiger partial charge in [0.2, 0.25) is 5.91 Å². The van der Waals surface area contributed by atoms with Crippen LogP contribution in [0.2, 0.25) is 0 Å². The van der Waals surface area contributed by atoms with Crippen LogP contribution < -0.4 is 15.4 Å². The summed E-state index contributed by atoms with van der Waals surface area (Å²) in [7, 11) is 1.29. The molecule has 0 aliphatic rings. The fourth-order valence-electron chi connectivity index (χ4n) is 2.57. The molecule has 2 amide bonds. The predicted octanol–water partition coefficient (Wildman–Crippen LogP) is 3.29. The molecule has 0 saturated carbocycles. The van der Waals surface area contributed by atoms with Gasteiger partial charge < -0.3 is 20.1 Å². The lowest BCUT2D eigenvalue weighted by molar-refractivity contribution is -0.142. The summed E-state index contributed by atoms with van der Waals surface area (Å²) in [6.45, 7) is 6.39. The maximum absolute atomic E-state index is 12.2. The number of benzene rings is 2. The topological polar surface area (TPSA) is 93.7 Å². The van der Waals surface area contributed by atoms with Crippen molar-refractivity contribution in [2.75, 3.05) is 25.6 Å². The molecule has 0 aliphatic carbocycles. The van der Waals surface area contributed by atoms with Crippen LogP contribution >= 0.6 is 0 Å². The molecule has 0 atom stereocenters. The molecule has 0 radical (unpaired) electrons. The van der Waals surface area contributed by atoms with Crippen molar-refractivity contribution in [2.45, 2.75) is 32.6 Å². The van der Waals surface area contributed by atoms with Crippen molar-refractivity contribution >= 4 is 23.5 Å². The Kier molecular flexibility index (Phi) is 7.98. The summed E-state index contributed by atoms with van der Waals surface area (Å²) >= 11 is 0. The SMILES string of the molecule is COC(=O)COc1ccc(NC(=O)CCNC(=O)c2ccc(C(C)(C)C)cc2)cc1.